The minimum Gasteiger partial charge on any atom is -0.493 e. The zero-order chi connectivity index (χ0) is 15.5. The predicted octanol–water partition coefficient (Wildman–Crippen LogP) is 3.34. The number of carbonyl (C=O) groups excluding carboxylic acids is 1. The number of hydrogen-bond acceptors (Lipinski definition) is 4. The van der Waals surface area contributed by atoms with Crippen molar-refractivity contribution in [2.45, 2.75) is 11.4 Å². The molecule has 0 unspecified atom stereocenters. The van der Waals surface area contributed by atoms with Crippen molar-refractivity contribution >= 4 is 23.4 Å². The van der Waals surface area contributed by atoms with Gasteiger partial charge in [0.1, 0.15) is 0 Å². The summed E-state index contributed by atoms with van der Waals surface area (Å²) in [6, 6.07) is 13.7. The summed E-state index contributed by atoms with van der Waals surface area (Å²) >= 11 is 1.66. The number of anilines is 1. The fourth-order valence-electron chi connectivity index (χ4n) is 2.49. The number of amides is 1. The summed E-state index contributed by atoms with van der Waals surface area (Å²) in [5, 5.41) is 0. The molecule has 0 aromatic heterocycles. The van der Waals surface area contributed by atoms with Crippen LogP contribution < -0.4 is 14.4 Å². The highest BCUT2D eigenvalue weighted by Crippen LogP contribution is 2.35. The van der Waals surface area contributed by atoms with Gasteiger partial charge in [0.05, 0.1) is 13.7 Å². The summed E-state index contributed by atoms with van der Waals surface area (Å²) in [5.74, 6) is 1.25. The second kappa shape index (κ2) is 6.32. The molecule has 0 N–H and O–H groups in total. The van der Waals surface area contributed by atoms with Crippen molar-refractivity contribution in [1.82, 2.24) is 0 Å². The summed E-state index contributed by atoms with van der Waals surface area (Å²) < 4.78 is 11.0. The van der Waals surface area contributed by atoms with E-state index in [1.165, 1.54) is 0 Å². The molecule has 4 nitrogen and oxygen atoms in total. The Hall–Kier alpha value is -2.14. The van der Waals surface area contributed by atoms with Crippen LogP contribution in [-0.4, -0.2) is 25.9 Å². The van der Waals surface area contributed by atoms with Crippen molar-refractivity contribution in [3.63, 3.8) is 0 Å². The first-order valence-electron chi connectivity index (χ1n) is 6.96. The second-order valence-electron chi connectivity index (χ2n) is 4.92. The first kappa shape index (κ1) is 14.8. The Bertz CT molecular complexity index is 702. The number of methoxy groups -OCH3 is 1. The predicted molar refractivity (Wildman–Crippen MR) is 87.9 cm³/mol. The topological polar surface area (TPSA) is 38.8 Å². The van der Waals surface area contributed by atoms with E-state index in [2.05, 4.69) is 0 Å². The van der Waals surface area contributed by atoms with Gasteiger partial charge < -0.3 is 14.4 Å². The quantitative estimate of drug-likeness (QED) is 0.814. The molecular weight excluding hydrogens is 298 g/mol. The normalized spacial score (nSPS) is 14.1. The van der Waals surface area contributed by atoms with Gasteiger partial charge in [-0.25, -0.2) is 0 Å². The van der Waals surface area contributed by atoms with Crippen LogP contribution in [-0.2, 0) is 11.3 Å². The Labute approximate surface area is 134 Å². The SMILES string of the molecule is COc1cccc2c1OCC(=O)N(c1cccc(SC)c1)C2. The molecule has 2 aromatic rings. The van der Waals surface area contributed by atoms with Crippen LogP contribution >= 0.6 is 11.8 Å². The number of hydrogen-bond donors (Lipinski definition) is 0. The molecular formula is C17H17NO3S. The average Bonchev–Trinajstić information content (AvgIpc) is 2.74. The lowest BCUT2D eigenvalue weighted by Gasteiger charge is -2.20. The lowest BCUT2D eigenvalue weighted by atomic mass is 10.1. The fourth-order valence-corrected chi connectivity index (χ4v) is 2.95. The first-order chi connectivity index (χ1) is 10.7. The van der Waals surface area contributed by atoms with Crippen molar-refractivity contribution in [1.29, 1.82) is 0 Å². The van der Waals surface area contributed by atoms with Gasteiger partial charge in [0, 0.05) is 16.1 Å². The minimum atomic E-state index is -0.0588. The monoisotopic (exact) mass is 315 g/mol. The Morgan fingerprint density at radius 3 is 2.82 bits per heavy atom. The molecule has 0 saturated heterocycles. The van der Waals surface area contributed by atoms with Gasteiger partial charge in [0.15, 0.2) is 18.1 Å². The largest absolute Gasteiger partial charge is 0.493 e. The molecule has 0 saturated carbocycles. The van der Waals surface area contributed by atoms with Gasteiger partial charge in [0.2, 0.25) is 0 Å². The van der Waals surface area contributed by atoms with Crippen molar-refractivity contribution < 1.29 is 14.3 Å². The molecule has 3 rings (SSSR count). The van der Waals surface area contributed by atoms with Crippen LogP contribution in [0.5, 0.6) is 11.5 Å². The van der Waals surface area contributed by atoms with E-state index < -0.39 is 0 Å². The molecule has 0 spiro atoms. The van der Waals surface area contributed by atoms with E-state index in [4.69, 9.17) is 9.47 Å². The zero-order valence-corrected chi connectivity index (χ0v) is 13.4. The maximum atomic E-state index is 12.4. The molecule has 114 valence electrons. The molecule has 0 aliphatic carbocycles. The van der Waals surface area contributed by atoms with Crippen LogP contribution in [0.1, 0.15) is 5.56 Å². The van der Waals surface area contributed by atoms with E-state index in [0.717, 1.165) is 16.1 Å². The smallest absolute Gasteiger partial charge is 0.265 e. The Kier molecular flexibility index (Phi) is 4.24. The highest BCUT2D eigenvalue weighted by atomic mass is 32.2. The van der Waals surface area contributed by atoms with Crippen LogP contribution in [0, 0.1) is 0 Å². The fraction of sp³-hybridized carbons (Fsp3) is 0.235. The van der Waals surface area contributed by atoms with Gasteiger partial charge in [-0.15, -0.1) is 11.8 Å². The van der Waals surface area contributed by atoms with E-state index in [1.807, 2.05) is 48.7 Å². The Balaban J connectivity index is 1.99. The van der Waals surface area contributed by atoms with Crippen molar-refractivity contribution in [2.24, 2.45) is 0 Å². The van der Waals surface area contributed by atoms with Crippen LogP contribution in [0.15, 0.2) is 47.4 Å². The lowest BCUT2D eigenvalue weighted by Crippen LogP contribution is -2.32. The molecule has 1 aliphatic heterocycles. The van der Waals surface area contributed by atoms with Crippen molar-refractivity contribution in [2.75, 3.05) is 24.9 Å². The van der Waals surface area contributed by atoms with E-state index in [0.29, 0.717) is 18.0 Å². The highest BCUT2D eigenvalue weighted by Gasteiger charge is 2.25. The maximum Gasteiger partial charge on any atom is 0.265 e. The molecule has 0 atom stereocenters. The first-order valence-corrected chi connectivity index (χ1v) is 8.18. The third-order valence-corrected chi connectivity index (χ3v) is 4.34. The number of benzene rings is 2. The van der Waals surface area contributed by atoms with Crippen molar-refractivity contribution in [3.8, 4) is 11.5 Å². The van der Waals surface area contributed by atoms with Gasteiger partial charge in [-0.1, -0.05) is 18.2 Å². The second-order valence-corrected chi connectivity index (χ2v) is 5.80. The zero-order valence-electron chi connectivity index (χ0n) is 12.5. The maximum absolute atomic E-state index is 12.4. The summed E-state index contributed by atoms with van der Waals surface area (Å²) in [6.07, 6.45) is 2.02. The molecule has 0 radical (unpaired) electrons. The van der Waals surface area contributed by atoms with E-state index >= 15 is 0 Å². The number of fused-ring (bicyclic) bond motifs is 1. The molecule has 2 aromatic carbocycles. The van der Waals surface area contributed by atoms with Gasteiger partial charge in [0.25, 0.3) is 5.91 Å². The summed E-state index contributed by atoms with van der Waals surface area (Å²) in [4.78, 5) is 15.3. The van der Waals surface area contributed by atoms with Crippen LogP contribution in [0.3, 0.4) is 0 Å². The van der Waals surface area contributed by atoms with Crippen LogP contribution in [0.4, 0.5) is 5.69 Å². The average molecular weight is 315 g/mol. The molecule has 5 heteroatoms. The van der Waals surface area contributed by atoms with Gasteiger partial charge in [-0.3, -0.25) is 4.79 Å². The van der Waals surface area contributed by atoms with E-state index in [1.54, 1.807) is 23.8 Å². The Morgan fingerprint density at radius 1 is 1.23 bits per heavy atom. The van der Waals surface area contributed by atoms with Crippen molar-refractivity contribution in [3.05, 3.63) is 48.0 Å². The third-order valence-electron chi connectivity index (χ3n) is 3.61. The number of para-hydroxylation sites is 1. The minimum absolute atomic E-state index is 0.0108. The molecule has 1 amide bonds. The van der Waals surface area contributed by atoms with E-state index in [9.17, 15) is 4.79 Å². The summed E-state index contributed by atoms with van der Waals surface area (Å²) in [5.41, 5.74) is 1.83. The lowest BCUT2D eigenvalue weighted by molar-refractivity contribution is -0.120. The molecule has 0 fully saturated rings. The molecule has 1 heterocycles. The highest BCUT2D eigenvalue weighted by molar-refractivity contribution is 7.98. The Morgan fingerprint density at radius 2 is 2.05 bits per heavy atom. The summed E-state index contributed by atoms with van der Waals surface area (Å²) in [7, 11) is 1.60. The molecule has 22 heavy (non-hydrogen) atoms. The third kappa shape index (κ3) is 2.76. The number of carbonyl (C=O) groups is 1. The van der Waals surface area contributed by atoms with Gasteiger partial charge >= 0.3 is 0 Å². The number of ether oxygens (including phenoxy) is 2. The van der Waals surface area contributed by atoms with Gasteiger partial charge in [-0.2, -0.15) is 0 Å². The number of rotatable bonds is 3. The van der Waals surface area contributed by atoms with Crippen LogP contribution in [0.2, 0.25) is 0 Å². The standard InChI is InChI=1S/C17H17NO3S/c1-20-15-8-3-5-12-10-18(16(19)11-21-17(12)15)13-6-4-7-14(9-13)22-2/h3-9H,10-11H2,1-2H3. The number of nitrogens with zero attached hydrogens (tertiary/aromatic N) is 1. The number of thioether (sulfide) groups is 1. The van der Waals surface area contributed by atoms with E-state index in [-0.39, 0.29) is 12.5 Å². The summed E-state index contributed by atoms with van der Waals surface area (Å²) in [6.45, 7) is 0.486. The van der Waals surface area contributed by atoms with Gasteiger partial charge in [-0.05, 0) is 30.5 Å². The van der Waals surface area contributed by atoms with Crippen LogP contribution in [0.25, 0.3) is 0 Å². The molecule has 1 aliphatic rings. The molecule has 0 bridgehead atoms.